The fraction of sp³-hybridized carbons (Fsp3) is 0.438. The summed E-state index contributed by atoms with van der Waals surface area (Å²) in [6, 6.07) is 8.76. The molecular formula is C16H24N4. The highest BCUT2D eigenvalue weighted by Crippen LogP contribution is 2.23. The Morgan fingerprint density at radius 3 is 2.50 bits per heavy atom. The Hall–Kier alpha value is -1.81. The van der Waals surface area contributed by atoms with Gasteiger partial charge >= 0.3 is 0 Å². The van der Waals surface area contributed by atoms with E-state index in [-0.39, 0.29) is 6.04 Å². The van der Waals surface area contributed by atoms with Crippen molar-refractivity contribution in [3.8, 4) is 0 Å². The summed E-state index contributed by atoms with van der Waals surface area (Å²) in [5, 5.41) is 3.37. The van der Waals surface area contributed by atoms with Crippen LogP contribution in [0.3, 0.4) is 0 Å². The summed E-state index contributed by atoms with van der Waals surface area (Å²) in [5.41, 5.74) is 2.45. The molecule has 4 nitrogen and oxygen atoms in total. The Morgan fingerprint density at radius 2 is 1.95 bits per heavy atom. The summed E-state index contributed by atoms with van der Waals surface area (Å²) >= 11 is 0. The number of rotatable bonds is 6. The molecule has 0 aliphatic rings. The minimum atomic E-state index is 0.132. The third kappa shape index (κ3) is 3.02. The average Bonchev–Trinajstić information content (AvgIpc) is 2.89. The van der Waals surface area contributed by atoms with Gasteiger partial charge < -0.3 is 14.8 Å². The molecule has 1 unspecified atom stereocenters. The van der Waals surface area contributed by atoms with E-state index in [2.05, 4.69) is 71.2 Å². The van der Waals surface area contributed by atoms with Crippen LogP contribution in [0.5, 0.6) is 0 Å². The molecule has 2 aromatic rings. The minimum absolute atomic E-state index is 0.132. The summed E-state index contributed by atoms with van der Waals surface area (Å²) in [5.74, 6) is 1.08. The van der Waals surface area contributed by atoms with Crippen LogP contribution in [0.25, 0.3) is 0 Å². The topological polar surface area (TPSA) is 33.1 Å². The van der Waals surface area contributed by atoms with Crippen LogP contribution in [-0.4, -0.2) is 30.7 Å². The molecule has 0 saturated carbocycles. The smallest absolute Gasteiger partial charge is 0.130 e. The van der Waals surface area contributed by atoms with Gasteiger partial charge in [0.1, 0.15) is 5.82 Å². The number of anilines is 1. The minimum Gasteiger partial charge on any atom is -0.378 e. The van der Waals surface area contributed by atoms with Gasteiger partial charge in [-0.25, -0.2) is 4.98 Å². The van der Waals surface area contributed by atoms with Crippen molar-refractivity contribution in [2.45, 2.75) is 25.9 Å². The summed E-state index contributed by atoms with van der Waals surface area (Å²) in [6.07, 6.45) is 5.04. The number of benzene rings is 1. The molecule has 1 aromatic carbocycles. The molecule has 1 aromatic heterocycles. The van der Waals surface area contributed by atoms with Gasteiger partial charge in [0.15, 0.2) is 0 Å². The largest absolute Gasteiger partial charge is 0.378 e. The molecule has 1 heterocycles. The van der Waals surface area contributed by atoms with Gasteiger partial charge in [-0.3, -0.25) is 0 Å². The standard InChI is InChI=1S/C16H24N4/c1-5-11-20-12-10-18-16(20)15(17-2)13-6-8-14(9-7-13)19(3)4/h6-10,12,15,17H,5,11H2,1-4H3. The predicted molar refractivity (Wildman–Crippen MR) is 84.2 cm³/mol. The first kappa shape index (κ1) is 14.6. The SMILES string of the molecule is CCCn1ccnc1C(NC)c1ccc(N(C)C)cc1. The number of imidazole rings is 1. The summed E-state index contributed by atoms with van der Waals surface area (Å²) < 4.78 is 2.22. The van der Waals surface area contributed by atoms with Crippen LogP contribution in [0.2, 0.25) is 0 Å². The molecular weight excluding hydrogens is 248 g/mol. The van der Waals surface area contributed by atoms with E-state index >= 15 is 0 Å². The molecule has 0 radical (unpaired) electrons. The Morgan fingerprint density at radius 1 is 1.25 bits per heavy atom. The van der Waals surface area contributed by atoms with E-state index in [1.807, 2.05) is 13.2 Å². The molecule has 1 N–H and O–H groups in total. The third-order valence-electron chi connectivity index (χ3n) is 3.50. The molecule has 0 bridgehead atoms. The second-order valence-electron chi connectivity index (χ2n) is 5.19. The number of nitrogens with zero attached hydrogens (tertiary/aromatic N) is 3. The first-order valence-corrected chi connectivity index (χ1v) is 7.13. The zero-order chi connectivity index (χ0) is 14.5. The number of nitrogens with one attached hydrogen (secondary N) is 1. The fourth-order valence-corrected chi connectivity index (χ4v) is 2.42. The summed E-state index contributed by atoms with van der Waals surface area (Å²) in [7, 11) is 6.09. The van der Waals surface area contributed by atoms with E-state index in [1.54, 1.807) is 0 Å². The maximum atomic E-state index is 4.53. The number of aromatic nitrogens is 2. The molecule has 1 atom stereocenters. The Bertz CT molecular complexity index is 528. The van der Waals surface area contributed by atoms with Crippen molar-refractivity contribution in [3.05, 3.63) is 48.0 Å². The Kier molecular flexibility index (Phi) is 4.79. The van der Waals surface area contributed by atoms with Crippen LogP contribution in [0, 0.1) is 0 Å². The maximum absolute atomic E-state index is 4.53. The highest BCUT2D eigenvalue weighted by molar-refractivity contribution is 5.47. The average molecular weight is 272 g/mol. The highest BCUT2D eigenvalue weighted by Gasteiger charge is 2.17. The van der Waals surface area contributed by atoms with Gasteiger partial charge in [0, 0.05) is 38.7 Å². The Balaban J connectivity index is 2.29. The van der Waals surface area contributed by atoms with Crippen LogP contribution in [0.4, 0.5) is 5.69 Å². The van der Waals surface area contributed by atoms with Crippen molar-refractivity contribution in [2.75, 3.05) is 26.0 Å². The predicted octanol–water partition coefficient (Wildman–Crippen LogP) is 2.67. The van der Waals surface area contributed by atoms with Gasteiger partial charge in [0.2, 0.25) is 0 Å². The van der Waals surface area contributed by atoms with Crippen LogP contribution >= 0.6 is 0 Å². The zero-order valence-electron chi connectivity index (χ0n) is 12.8. The number of hydrogen-bond donors (Lipinski definition) is 1. The molecule has 20 heavy (non-hydrogen) atoms. The fourth-order valence-electron chi connectivity index (χ4n) is 2.42. The summed E-state index contributed by atoms with van der Waals surface area (Å²) in [6.45, 7) is 3.19. The quantitative estimate of drug-likeness (QED) is 0.877. The van der Waals surface area contributed by atoms with E-state index in [9.17, 15) is 0 Å². The second kappa shape index (κ2) is 6.57. The molecule has 0 saturated heterocycles. The van der Waals surface area contributed by atoms with E-state index in [4.69, 9.17) is 0 Å². The van der Waals surface area contributed by atoms with Crippen molar-refractivity contribution in [1.82, 2.24) is 14.9 Å². The zero-order valence-corrected chi connectivity index (χ0v) is 12.8. The lowest BCUT2D eigenvalue weighted by Crippen LogP contribution is -2.22. The number of aryl methyl sites for hydroxylation is 1. The molecule has 0 fully saturated rings. The third-order valence-corrected chi connectivity index (χ3v) is 3.50. The van der Waals surface area contributed by atoms with Gasteiger partial charge in [-0.1, -0.05) is 19.1 Å². The van der Waals surface area contributed by atoms with Gasteiger partial charge in [-0.05, 0) is 31.2 Å². The van der Waals surface area contributed by atoms with Crippen LogP contribution in [0.1, 0.15) is 30.8 Å². The molecule has 0 spiro atoms. The van der Waals surface area contributed by atoms with Crippen molar-refractivity contribution < 1.29 is 0 Å². The van der Waals surface area contributed by atoms with E-state index in [0.29, 0.717) is 0 Å². The lowest BCUT2D eigenvalue weighted by molar-refractivity contribution is 0.568. The van der Waals surface area contributed by atoms with Crippen LogP contribution < -0.4 is 10.2 Å². The lowest BCUT2D eigenvalue weighted by atomic mass is 10.1. The van der Waals surface area contributed by atoms with E-state index in [0.717, 1.165) is 18.8 Å². The van der Waals surface area contributed by atoms with Gasteiger partial charge in [0.25, 0.3) is 0 Å². The molecule has 108 valence electrons. The van der Waals surface area contributed by atoms with Crippen molar-refractivity contribution in [1.29, 1.82) is 0 Å². The maximum Gasteiger partial charge on any atom is 0.130 e. The monoisotopic (exact) mass is 272 g/mol. The lowest BCUT2D eigenvalue weighted by Gasteiger charge is -2.19. The normalized spacial score (nSPS) is 12.4. The van der Waals surface area contributed by atoms with Crippen molar-refractivity contribution in [3.63, 3.8) is 0 Å². The van der Waals surface area contributed by atoms with E-state index in [1.165, 1.54) is 11.3 Å². The molecule has 4 heteroatoms. The van der Waals surface area contributed by atoms with Crippen molar-refractivity contribution >= 4 is 5.69 Å². The van der Waals surface area contributed by atoms with Gasteiger partial charge in [-0.15, -0.1) is 0 Å². The van der Waals surface area contributed by atoms with Crippen LogP contribution in [-0.2, 0) is 6.54 Å². The number of hydrogen-bond acceptors (Lipinski definition) is 3. The second-order valence-corrected chi connectivity index (χ2v) is 5.19. The van der Waals surface area contributed by atoms with Crippen LogP contribution in [0.15, 0.2) is 36.7 Å². The first-order chi connectivity index (χ1) is 9.67. The molecule has 0 amide bonds. The first-order valence-electron chi connectivity index (χ1n) is 7.13. The molecule has 0 aliphatic carbocycles. The molecule has 0 aliphatic heterocycles. The molecule has 2 rings (SSSR count). The van der Waals surface area contributed by atoms with E-state index < -0.39 is 0 Å². The summed E-state index contributed by atoms with van der Waals surface area (Å²) in [4.78, 5) is 6.64. The van der Waals surface area contributed by atoms with Gasteiger partial charge in [0.05, 0.1) is 6.04 Å². The Labute approximate surface area is 121 Å². The van der Waals surface area contributed by atoms with Gasteiger partial charge in [-0.2, -0.15) is 0 Å². The highest BCUT2D eigenvalue weighted by atomic mass is 15.1. The van der Waals surface area contributed by atoms with Crippen molar-refractivity contribution in [2.24, 2.45) is 0 Å².